The zero-order valence-corrected chi connectivity index (χ0v) is 28.0. The summed E-state index contributed by atoms with van der Waals surface area (Å²) in [5, 5.41) is 5.53. The van der Waals surface area contributed by atoms with Gasteiger partial charge in [-0.2, -0.15) is 13.2 Å². The van der Waals surface area contributed by atoms with E-state index < -0.39 is 34.9 Å². The Morgan fingerprint density at radius 1 is 1.09 bits per heavy atom. The number of nitrogens with zero attached hydrogens (tertiary/aromatic N) is 2. The first-order valence-corrected chi connectivity index (χ1v) is 16.4. The number of ether oxygens (including phenoxy) is 2. The molecule has 2 aliphatic rings. The molecule has 1 aromatic carbocycles. The van der Waals surface area contributed by atoms with Crippen molar-refractivity contribution in [1.82, 2.24) is 20.5 Å². The second-order valence-electron chi connectivity index (χ2n) is 13.9. The lowest BCUT2D eigenvalue weighted by Gasteiger charge is -2.39. The molecule has 0 unspecified atom stereocenters. The van der Waals surface area contributed by atoms with E-state index in [4.69, 9.17) is 9.47 Å². The molecular weight excluding hydrogens is 613 g/mol. The van der Waals surface area contributed by atoms with Gasteiger partial charge in [0.2, 0.25) is 5.91 Å². The van der Waals surface area contributed by atoms with Gasteiger partial charge in [-0.1, -0.05) is 44.2 Å². The van der Waals surface area contributed by atoms with E-state index in [-0.39, 0.29) is 49.7 Å². The molecular formula is C35H47F3N4O5. The molecule has 2 aromatic rings. The van der Waals surface area contributed by atoms with Crippen molar-refractivity contribution in [3.63, 3.8) is 0 Å². The summed E-state index contributed by atoms with van der Waals surface area (Å²) in [6.07, 6.45) is -2.78. The zero-order chi connectivity index (χ0) is 34.4. The van der Waals surface area contributed by atoms with E-state index in [9.17, 15) is 27.6 Å². The fourth-order valence-corrected chi connectivity index (χ4v) is 6.46. The Kier molecular flexibility index (Phi) is 11.4. The van der Waals surface area contributed by atoms with Gasteiger partial charge in [0.25, 0.3) is 0 Å². The van der Waals surface area contributed by atoms with Crippen LogP contribution in [0.5, 0.6) is 0 Å². The smallest absolute Gasteiger partial charge is 0.418 e. The van der Waals surface area contributed by atoms with Gasteiger partial charge in [-0.3, -0.25) is 9.78 Å². The number of hydrogen-bond acceptors (Lipinski definition) is 6. The van der Waals surface area contributed by atoms with E-state index in [0.29, 0.717) is 56.3 Å². The van der Waals surface area contributed by atoms with Gasteiger partial charge in [-0.05, 0) is 82.4 Å². The summed E-state index contributed by atoms with van der Waals surface area (Å²) in [5.74, 6) is -0.144. The number of pyridine rings is 1. The van der Waals surface area contributed by atoms with Crippen molar-refractivity contribution in [3.05, 3.63) is 64.5 Å². The van der Waals surface area contributed by atoms with Crippen LogP contribution >= 0.6 is 0 Å². The first kappa shape index (κ1) is 36.0. The average molecular weight is 661 g/mol. The van der Waals surface area contributed by atoms with E-state index in [1.165, 1.54) is 0 Å². The third-order valence-corrected chi connectivity index (χ3v) is 8.97. The Morgan fingerprint density at radius 2 is 1.81 bits per heavy atom. The standard InChI is InChI=1S/C35H47F3N4O5/c1-23(2)34(16-14-26(20-34)40-32(45)46-22-24-11-7-6-8-12-24)30(43)42-18-15-28-25(21-42)19-27(35(36,37)38)29(41-28)13-9-10-17-39-31(44)47-33(3,4)5/h6-8,11-12,19,23,26H,9-10,13-18,20-22H2,1-5H3,(H,39,44)(H,40,45)/t26-,34+/m1/s1. The summed E-state index contributed by atoms with van der Waals surface area (Å²) in [6.45, 7) is 10.0. The number of alkyl halides is 3. The Bertz CT molecular complexity index is 1410. The maximum absolute atomic E-state index is 14.2. The highest BCUT2D eigenvalue weighted by Gasteiger charge is 2.50. The first-order chi connectivity index (χ1) is 22.1. The quantitative estimate of drug-likeness (QED) is 0.267. The molecule has 9 nitrogen and oxygen atoms in total. The molecule has 4 rings (SSSR count). The molecule has 2 heterocycles. The van der Waals surface area contributed by atoms with E-state index in [1.807, 2.05) is 44.2 Å². The highest BCUT2D eigenvalue weighted by atomic mass is 19.4. The monoisotopic (exact) mass is 660 g/mol. The number of aromatic nitrogens is 1. The summed E-state index contributed by atoms with van der Waals surface area (Å²) in [7, 11) is 0. The second kappa shape index (κ2) is 14.9. The first-order valence-electron chi connectivity index (χ1n) is 16.4. The fourth-order valence-electron chi connectivity index (χ4n) is 6.46. The fraction of sp³-hybridized carbons (Fsp3) is 0.600. The molecule has 2 atom stereocenters. The lowest BCUT2D eigenvalue weighted by molar-refractivity contribution is -0.145. The molecule has 3 amide bonds. The van der Waals surface area contributed by atoms with Crippen molar-refractivity contribution in [2.45, 2.75) is 111 Å². The number of alkyl carbamates (subject to hydrolysis) is 2. The number of carbonyl (C=O) groups is 3. The van der Waals surface area contributed by atoms with Gasteiger partial charge < -0.3 is 25.0 Å². The van der Waals surface area contributed by atoms with Crippen molar-refractivity contribution >= 4 is 18.1 Å². The lowest BCUT2D eigenvalue weighted by atomic mass is 9.74. The molecule has 1 aliphatic carbocycles. The van der Waals surface area contributed by atoms with Crippen molar-refractivity contribution in [3.8, 4) is 0 Å². The lowest BCUT2D eigenvalue weighted by Crippen LogP contribution is -2.48. The van der Waals surface area contributed by atoms with Gasteiger partial charge >= 0.3 is 18.4 Å². The number of fused-ring (bicyclic) bond motifs is 1. The molecule has 0 bridgehead atoms. The maximum Gasteiger partial charge on any atom is 0.418 e. The molecule has 1 aromatic heterocycles. The van der Waals surface area contributed by atoms with Crippen molar-refractivity contribution in [2.24, 2.45) is 11.3 Å². The molecule has 0 radical (unpaired) electrons. The SMILES string of the molecule is CC(C)[C@]1(C(=O)N2CCc3nc(CCCCNC(=O)OC(C)(C)C)c(C(F)(F)F)cc3C2)CC[C@@H](NC(=O)OCc2ccccc2)C1. The molecule has 12 heteroatoms. The van der Waals surface area contributed by atoms with Gasteiger partial charge in [-0.25, -0.2) is 9.59 Å². The molecule has 1 aliphatic heterocycles. The Morgan fingerprint density at radius 3 is 2.47 bits per heavy atom. The van der Waals surface area contributed by atoms with Crippen LogP contribution in [0.3, 0.4) is 0 Å². The number of unbranched alkanes of at least 4 members (excludes halogenated alkanes) is 1. The number of amides is 3. The molecule has 0 saturated heterocycles. The summed E-state index contributed by atoms with van der Waals surface area (Å²) < 4.78 is 53.1. The Balaban J connectivity index is 1.37. The average Bonchev–Trinajstić information content (AvgIpc) is 3.43. The zero-order valence-electron chi connectivity index (χ0n) is 28.0. The second-order valence-corrected chi connectivity index (χ2v) is 13.9. The Hall–Kier alpha value is -3.83. The van der Waals surface area contributed by atoms with Crippen LogP contribution in [0.2, 0.25) is 0 Å². The highest BCUT2D eigenvalue weighted by Crippen LogP contribution is 2.46. The third-order valence-electron chi connectivity index (χ3n) is 8.97. The molecule has 2 N–H and O–H groups in total. The summed E-state index contributed by atoms with van der Waals surface area (Å²) in [6, 6.07) is 10.3. The number of carbonyl (C=O) groups excluding carboxylic acids is 3. The van der Waals surface area contributed by atoms with Crippen LogP contribution in [-0.4, -0.2) is 52.7 Å². The molecule has 47 heavy (non-hydrogen) atoms. The van der Waals surface area contributed by atoms with Crippen LogP contribution in [0.15, 0.2) is 36.4 Å². The molecule has 1 fully saturated rings. The molecule has 0 spiro atoms. The van der Waals surface area contributed by atoms with Gasteiger partial charge in [-0.15, -0.1) is 0 Å². The topological polar surface area (TPSA) is 110 Å². The van der Waals surface area contributed by atoms with Crippen LogP contribution in [0, 0.1) is 11.3 Å². The van der Waals surface area contributed by atoms with Crippen LogP contribution in [-0.2, 0) is 46.4 Å². The van der Waals surface area contributed by atoms with Crippen LogP contribution in [0.1, 0.15) is 94.8 Å². The van der Waals surface area contributed by atoms with Gasteiger partial charge in [0.05, 0.1) is 16.7 Å². The van der Waals surface area contributed by atoms with Crippen LogP contribution < -0.4 is 10.6 Å². The van der Waals surface area contributed by atoms with Gasteiger partial charge in [0.15, 0.2) is 0 Å². The van der Waals surface area contributed by atoms with E-state index >= 15 is 0 Å². The number of halogens is 3. The molecule has 258 valence electrons. The third kappa shape index (κ3) is 9.60. The van der Waals surface area contributed by atoms with Crippen LogP contribution in [0.4, 0.5) is 22.8 Å². The Labute approximate surface area is 275 Å². The minimum Gasteiger partial charge on any atom is -0.445 e. The van der Waals surface area contributed by atoms with Crippen LogP contribution in [0.25, 0.3) is 0 Å². The maximum atomic E-state index is 14.2. The number of nitrogens with one attached hydrogen (secondary N) is 2. The summed E-state index contributed by atoms with van der Waals surface area (Å²) in [4.78, 5) is 44.6. The van der Waals surface area contributed by atoms with Crippen molar-refractivity contribution in [2.75, 3.05) is 13.1 Å². The van der Waals surface area contributed by atoms with E-state index in [1.54, 1.807) is 25.7 Å². The molecule has 1 saturated carbocycles. The highest BCUT2D eigenvalue weighted by molar-refractivity contribution is 5.84. The minimum absolute atomic E-state index is 0.0178. The number of aryl methyl sites for hydroxylation is 1. The number of rotatable bonds is 10. The largest absolute Gasteiger partial charge is 0.445 e. The van der Waals surface area contributed by atoms with E-state index in [0.717, 1.165) is 11.6 Å². The predicted octanol–water partition coefficient (Wildman–Crippen LogP) is 6.95. The van der Waals surface area contributed by atoms with E-state index in [2.05, 4.69) is 15.6 Å². The normalized spacial score (nSPS) is 19.7. The summed E-state index contributed by atoms with van der Waals surface area (Å²) >= 11 is 0. The predicted molar refractivity (Wildman–Crippen MR) is 170 cm³/mol. The van der Waals surface area contributed by atoms with Gasteiger partial charge in [0.1, 0.15) is 12.2 Å². The van der Waals surface area contributed by atoms with Gasteiger partial charge in [0, 0.05) is 37.8 Å². The summed E-state index contributed by atoms with van der Waals surface area (Å²) in [5.41, 5.74) is -0.335. The number of benzene rings is 1. The number of hydrogen-bond donors (Lipinski definition) is 2. The minimum atomic E-state index is -4.60. The van der Waals surface area contributed by atoms with Crippen molar-refractivity contribution < 1.29 is 37.0 Å². The van der Waals surface area contributed by atoms with Crippen molar-refractivity contribution in [1.29, 1.82) is 0 Å².